The molecule has 0 amide bonds. The molecule has 3 N–H and O–H groups in total. The van der Waals surface area contributed by atoms with E-state index < -0.39 is 0 Å². The van der Waals surface area contributed by atoms with Crippen LogP contribution in [0.3, 0.4) is 0 Å². The lowest BCUT2D eigenvalue weighted by atomic mass is 10.0. The Morgan fingerprint density at radius 3 is 2.83 bits per heavy atom. The van der Waals surface area contributed by atoms with Crippen molar-refractivity contribution in [2.75, 3.05) is 0 Å². The summed E-state index contributed by atoms with van der Waals surface area (Å²) in [4.78, 5) is 0. The van der Waals surface area contributed by atoms with E-state index in [0.29, 0.717) is 0 Å². The zero-order chi connectivity index (χ0) is 9.14. The average molecular weight is 278 g/mol. The lowest BCUT2D eigenvalue weighted by molar-refractivity contribution is 0.643. The predicted octanol–water partition coefficient (Wildman–Crippen LogP) is 2.27. The molecule has 68 valence electrons. The third-order valence-corrected chi connectivity index (χ3v) is 2.93. The van der Waals surface area contributed by atoms with Gasteiger partial charge in [-0.15, -0.1) is 0 Å². The number of allylic oxidation sites excluding steroid dienone is 3. The standard InChI is InChI=1S/C9H15IN2/c1-6-3-4-8(10)9(5-6)12-7(2)11/h5,7,12H,3-4,11H2,1-2H3. The summed E-state index contributed by atoms with van der Waals surface area (Å²) in [5.74, 6) is 0. The lowest BCUT2D eigenvalue weighted by Gasteiger charge is -2.18. The second kappa shape index (κ2) is 4.28. The summed E-state index contributed by atoms with van der Waals surface area (Å²) in [5.41, 5.74) is 8.29. The first kappa shape index (κ1) is 10.1. The Bertz CT molecular complexity index is 229. The Hall–Kier alpha value is -0.0300. The van der Waals surface area contributed by atoms with Crippen molar-refractivity contribution in [2.45, 2.75) is 32.9 Å². The van der Waals surface area contributed by atoms with E-state index in [4.69, 9.17) is 5.73 Å². The van der Waals surface area contributed by atoms with Crippen molar-refractivity contribution in [2.24, 2.45) is 5.73 Å². The minimum atomic E-state index is 0.0342. The molecule has 0 heterocycles. The Morgan fingerprint density at radius 1 is 1.58 bits per heavy atom. The molecule has 12 heavy (non-hydrogen) atoms. The molecule has 2 nitrogen and oxygen atoms in total. The summed E-state index contributed by atoms with van der Waals surface area (Å²) in [5, 5.41) is 3.24. The summed E-state index contributed by atoms with van der Waals surface area (Å²) in [6.45, 7) is 4.11. The third-order valence-electron chi connectivity index (χ3n) is 1.80. The van der Waals surface area contributed by atoms with Gasteiger partial charge in [0.1, 0.15) is 0 Å². The molecule has 0 bridgehead atoms. The van der Waals surface area contributed by atoms with Gasteiger partial charge in [-0.05, 0) is 55.4 Å². The lowest BCUT2D eigenvalue weighted by Crippen LogP contribution is -2.33. The molecule has 1 rings (SSSR count). The Kier molecular flexibility index (Phi) is 3.58. The fraction of sp³-hybridized carbons (Fsp3) is 0.556. The first-order valence-corrected chi connectivity index (χ1v) is 5.25. The van der Waals surface area contributed by atoms with Crippen LogP contribution in [0.1, 0.15) is 26.7 Å². The first-order valence-electron chi connectivity index (χ1n) is 4.17. The van der Waals surface area contributed by atoms with E-state index in [1.54, 1.807) is 0 Å². The summed E-state index contributed by atoms with van der Waals surface area (Å²) < 4.78 is 1.38. The molecule has 0 aromatic carbocycles. The molecule has 0 aromatic rings. The number of nitrogens with two attached hydrogens (primary N) is 1. The number of rotatable bonds is 2. The van der Waals surface area contributed by atoms with Gasteiger partial charge in [0.25, 0.3) is 0 Å². The second-order valence-electron chi connectivity index (χ2n) is 3.24. The molecule has 0 radical (unpaired) electrons. The van der Waals surface area contributed by atoms with Gasteiger partial charge in [-0.2, -0.15) is 0 Å². The largest absolute Gasteiger partial charge is 0.370 e. The van der Waals surface area contributed by atoms with Gasteiger partial charge in [-0.1, -0.05) is 5.57 Å². The molecule has 0 saturated heterocycles. The first-order chi connectivity index (χ1) is 5.59. The molecule has 0 saturated carbocycles. The molecular formula is C9H15IN2. The van der Waals surface area contributed by atoms with Gasteiger partial charge in [0.15, 0.2) is 0 Å². The van der Waals surface area contributed by atoms with E-state index in [9.17, 15) is 0 Å². The highest BCUT2D eigenvalue weighted by atomic mass is 127. The fourth-order valence-corrected chi connectivity index (χ4v) is 1.78. The Labute approximate surface area is 87.4 Å². The van der Waals surface area contributed by atoms with Crippen LogP contribution in [0.5, 0.6) is 0 Å². The van der Waals surface area contributed by atoms with Crippen molar-refractivity contribution in [3.05, 3.63) is 20.9 Å². The minimum Gasteiger partial charge on any atom is -0.370 e. The quantitative estimate of drug-likeness (QED) is 0.600. The summed E-state index contributed by atoms with van der Waals surface area (Å²) in [7, 11) is 0. The maximum absolute atomic E-state index is 5.65. The van der Waals surface area contributed by atoms with Gasteiger partial charge in [0, 0.05) is 9.28 Å². The fourth-order valence-electron chi connectivity index (χ4n) is 1.20. The second-order valence-corrected chi connectivity index (χ2v) is 4.54. The van der Waals surface area contributed by atoms with Crippen LogP contribution in [0.25, 0.3) is 0 Å². The minimum absolute atomic E-state index is 0.0342. The van der Waals surface area contributed by atoms with Crippen molar-refractivity contribution in [1.29, 1.82) is 0 Å². The van der Waals surface area contributed by atoms with Crippen LogP contribution in [0.2, 0.25) is 0 Å². The zero-order valence-electron chi connectivity index (χ0n) is 7.52. The third kappa shape index (κ3) is 2.79. The summed E-state index contributed by atoms with van der Waals surface area (Å²) in [6, 6.07) is 0. The monoisotopic (exact) mass is 278 g/mol. The molecule has 0 aromatic heterocycles. The van der Waals surface area contributed by atoms with Crippen LogP contribution in [-0.2, 0) is 0 Å². The summed E-state index contributed by atoms with van der Waals surface area (Å²) in [6.07, 6.45) is 4.56. The van der Waals surface area contributed by atoms with E-state index in [2.05, 4.69) is 40.9 Å². The number of hydrogen-bond donors (Lipinski definition) is 2. The van der Waals surface area contributed by atoms with Crippen molar-refractivity contribution >= 4 is 22.6 Å². The van der Waals surface area contributed by atoms with Gasteiger partial charge < -0.3 is 11.1 Å². The average Bonchev–Trinajstić information content (AvgIpc) is 1.96. The van der Waals surface area contributed by atoms with Crippen LogP contribution in [0.4, 0.5) is 0 Å². The molecule has 1 aliphatic rings. The molecule has 1 unspecified atom stereocenters. The van der Waals surface area contributed by atoms with E-state index in [-0.39, 0.29) is 6.17 Å². The van der Waals surface area contributed by atoms with E-state index in [1.807, 2.05) is 6.92 Å². The van der Waals surface area contributed by atoms with Gasteiger partial charge >= 0.3 is 0 Å². The topological polar surface area (TPSA) is 38.0 Å². The molecule has 0 spiro atoms. The van der Waals surface area contributed by atoms with Gasteiger partial charge in [0.05, 0.1) is 6.17 Å². The maximum Gasteiger partial charge on any atom is 0.0714 e. The maximum atomic E-state index is 5.65. The molecule has 0 aliphatic heterocycles. The van der Waals surface area contributed by atoms with Crippen molar-refractivity contribution in [3.8, 4) is 0 Å². The zero-order valence-corrected chi connectivity index (χ0v) is 9.68. The molecule has 1 aliphatic carbocycles. The van der Waals surface area contributed by atoms with E-state index in [0.717, 1.165) is 6.42 Å². The summed E-state index contributed by atoms with van der Waals surface area (Å²) >= 11 is 2.38. The van der Waals surface area contributed by atoms with Gasteiger partial charge in [-0.25, -0.2) is 0 Å². The van der Waals surface area contributed by atoms with Crippen LogP contribution >= 0.6 is 22.6 Å². The molecule has 3 heteroatoms. The molecular weight excluding hydrogens is 263 g/mol. The van der Waals surface area contributed by atoms with Crippen LogP contribution in [-0.4, -0.2) is 6.17 Å². The van der Waals surface area contributed by atoms with Crippen LogP contribution in [0, 0.1) is 0 Å². The normalized spacial score (nSPS) is 20.5. The van der Waals surface area contributed by atoms with Crippen LogP contribution in [0.15, 0.2) is 20.9 Å². The van der Waals surface area contributed by atoms with Crippen molar-refractivity contribution < 1.29 is 0 Å². The van der Waals surface area contributed by atoms with Crippen LogP contribution < -0.4 is 11.1 Å². The highest BCUT2D eigenvalue weighted by Crippen LogP contribution is 2.26. The van der Waals surface area contributed by atoms with Gasteiger partial charge in [-0.3, -0.25) is 0 Å². The Morgan fingerprint density at radius 2 is 2.25 bits per heavy atom. The smallest absolute Gasteiger partial charge is 0.0714 e. The molecule has 1 atom stereocenters. The number of halogens is 1. The van der Waals surface area contributed by atoms with E-state index in [1.165, 1.54) is 21.3 Å². The Balaban J connectivity index is 2.72. The van der Waals surface area contributed by atoms with E-state index >= 15 is 0 Å². The predicted molar refractivity (Wildman–Crippen MR) is 60.8 cm³/mol. The SMILES string of the molecule is CC1=CC(NC(C)N)=C(I)CC1. The van der Waals surface area contributed by atoms with Crippen molar-refractivity contribution in [3.63, 3.8) is 0 Å². The number of hydrogen-bond acceptors (Lipinski definition) is 2. The number of nitrogens with one attached hydrogen (secondary N) is 1. The van der Waals surface area contributed by atoms with Gasteiger partial charge in [0.2, 0.25) is 0 Å². The highest BCUT2D eigenvalue weighted by molar-refractivity contribution is 14.1. The molecule has 0 fully saturated rings. The van der Waals surface area contributed by atoms with Crippen molar-refractivity contribution in [1.82, 2.24) is 5.32 Å². The highest BCUT2D eigenvalue weighted by Gasteiger charge is 2.09.